The molecule has 1 aliphatic rings. The number of likely N-dealkylation sites (tertiary alicyclic amines) is 1. The SMILES string of the molecule is O=C(c1ccoc1)N1CCC(c2nc3cc(Cl)ccc3s2)CC1. The van der Waals surface area contributed by atoms with E-state index >= 15 is 0 Å². The van der Waals surface area contributed by atoms with Crippen molar-refractivity contribution in [2.45, 2.75) is 18.8 Å². The fourth-order valence-electron chi connectivity index (χ4n) is 2.99. The Morgan fingerprint density at radius 1 is 1.30 bits per heavy atom. The summed E-state index contributed by atoms with van der Waals surface area (Å²) < 4.78 is 6.16. The van der Waals surface area contributed by atoms with E-state index in [1.54, 1.807) is 17.4 Å². The number of rotatable bonds is 2. The van der Waals surface area contributed by atoms with Crippen molar-refractivity contribution in [2.75, 3.05) is 13.1 Å². The van der Waals surface area contributed by atoms with Crippen LogP contribution in [0.5, 0.6) is 0 Å². The van der Waals surface area contributed by atoms with Gasteiger partial charge in [0, 0.05) is 24.0 Å². The van der Waals surface area contributed by atoms with Crippen molar-refractivity contribution in [3.63, 3.8) is 0 Å². The van der Waals surface area contributed by atoms with E-state index in [-0.39, 0.29) is 5.91 Å². The number of hydrogen-bond donors (Lipinski definition) is 0. The molecule has 1 aliphatic heterocycles. The molecule has 6 heteroatoms. The summed E-state index contributed by atoms with van der Waals surface area (Å²) in [5, 5.41) is 1.87. The lowest BCUT2D eigenvalue weighted by molar-refractivity contribution is 0.0712. The van der Waals surface area contributed by atoms with Crippen molar-refractivity contribution in [2.24, 2.45) is 0 Å². The lowest BCUT2D eigenvalue weighted by Gasteiger charge is -2.30. The molecule has 4 nitrogen and oxygen atoms in total. The van der Waals surface area contributed by atoms with Gasteiger partial charge < -0.3 is 9.32 Å². The Bertz CT molecular complexity index is 836. The van der Waals surface area contributed by atoms with E-state index in [1.807, 2.05) is 23.1 Å². The molecule has 23 heavy (non-hydrogen) atoms. The molecule has 4 rings (SSSR count). The van der Waals surface area contributed by atoms with E-state index < -0.39 is 0 Å². The summed E-state index contributed by atoms with van der Waals surface area (Å²) >= 11 is 7.76. The highest BCUT2D eigenvalue weighted by atomic mass is 35.5. The van der Waals surface area contributed by atoms with Gasteiger partial charge in [0.1, 0.15) is 6.26 Å². The molecule has 0 atom stereocenters. The molecule has 118 valence electrons. The van der Waals surface area contributed by atoms with E-state index in [0.29, 0.717) is 11.5 Å². The molecule has 0 unspecified atom stereocenters. The molecule has 1 amide bonds. The summed E-state index contributed by atoms with van der Waals surface area (Å²) in [6, 6.07) is 7.55. The van der Waals surface area contributed by atoms with Crippen LogP contribution < -0.4 is 0 Å². The first-order valence-corrected chi connectivity index (χ1v) is 8.77. The molecular weight excluding hydrogens is 332 g/mol. The number of hydrogen-bond acceptors (Lipinski definition) is 4. The monoisotopic (exact) mass is 346 g/mol. The Labute approximate surface area is 142 Å². The standard InChI is InChI=1S/C17H15ClN2O2S/c18-13-1-2-15-14(9-13)19-16(23-15)11-3-6-20(7-4-11)17(21)12-5-8-22-10-12/h1-2,5,8-11H,3-4,6-7H2. The van der Waals surface area contributed by atoms with Crippen molar-refractivity contribution in [3.05, 3.63) is 52.4 Å². The van der Waals surface area contributed by atoms with Gasteiger partial charge in [-0.25, -0.2) is 4.98 Å². The van der Waals surface area contributed by atoms with Gasteiger partial charge in [0.25, 0.3) is 5.91 Å². The maximum absolute atomic E-state index is 12.3. The maximum atomic E-state index is 12.3. The Morgan fingerprint density at radius 3 is 2.87 bits per heavy atom. The number of fused-ring (bicyclic) bond motifs is 1. The predicted octanol–water partition coefficient (Wildman–Crippen LogP) is 4.56. The van der Waals surface area contributed by atoms with Crippen LogP contribution in [0.25, 0.3) is 10.2 Å². The first-order chi connectivity index (χ1) is 11.2. The summed E-state index contributed by atoms with van der Waals surface area (Å²) in [4.78, 5) is 18.9. The van der Waals surface area contributed by atoms with Gasteiger partial charge >= 0.3 is 0 Å². The number of furan rings is 1. The third-order valence-electron chi connectivity index (χ3n) is 4.27. The Kier molecular flexibility index (Phi) is 3.83. The van der Waals surface area contributed by atoms with Gasteiger partial charge in [-0.2, -0.15) is 0 Å². The van der Waals surface area contributed by atoms with Gasteiger partial charge in [0.15, 0.2) is 0 Å². The van der Waals surface area contributed by atoms with Crippen LogP contribution in [0.4, 0.5) is 0 Å². The van der Waals surface area contributed by atoms with E-state index in [2.05, 4.69) is 0 Å². The highest BCUT2D eigenvalue weighted by molar-refractivity contribution is 7.18. The number of carbonyl (C=O) groups excluding carboxylic acids is 1. The van der Waals surface area contributed by atoms with E-state index in [0.717, 1.165) is 41.5 Å². The van der Waals surface area contributed by atoms with Crippen molar-refractivity contribution in [3.8, 4) is 0 Å². The van der Waals surface area contributed by atoms with E-state index in [4.69, 9.17) is 21.0 Å². The van der Waals surface area contributed by atoms with Crippen molar-refractivity contribution in [1.82, 2.24) is 9.88 Å². The summed E-state index contributed by atoms with van der Waals surface area (Å²) in [5.74, 6) is 0.466. The van der Waals surface area contributed by atoms with Gasteiger partial charge in [-0.15, -0.1) is 11.3 Å². The summed E-state index contributed by atoms with van der Waals surface area (Å²) in [6.07, 6.45) is 4.92. The Hall–Kier alpha value is -1.85. The molecule has 0 radical (unpaired) electrons. The lowest BCUT2D eigenvalue weighted by atomic mass is 9.97. The van der Waals surface area contributed by atoms with Gasteiger partial charge in [-0.05, 0) is 37.1 Å². The van der Waals surface area contributed by atoms with Crippen LogP contribution in [0.15, 0.2) is 41.2 Å². The molecule has 1 saturated heterocycles. The average Bonchev–Trinajstić information content (AvgIpc) is 3.23. The van der Waals surface area contributed by atoms with Crippen molar-refractivity contribution >= 4 is 39.1 Å². The lowest BCUT2D eigenvalue weighted by Crippen LogP contribution is -2.37. The highest BCUT2D eigenvalue weighted by Gasteiger charge is 2.26. The number of carbonyl (C=O) groups is 1. The zero-order chi connectivity index (χ0) is 15.8. The molecule has 1 aromatic carbocycles. The third-order valence-corrected chi connectivity index (χ3v) is 5.70. The number of piperidine rings is 1. The molecule has 0 spiro atoms. The number of amides is 1. The first-order valence-electron chi connectivity index (χ1n) is 7.58. The summed E-state index contributed by atoms with van der Waals surface area (Å²) in [7, 11) is 0. The van der Waals surface area contributed by atoms with Gasteiger partial charge in [0.05, 0.1) is 27.1 Å². The number of aromatic nitrogens is 1. The molecule has 3 heterocycles. The molecule has 2 aromatic heterocycles. The predicted molar refractivity (Wildman–Crippen MR) is 91.2 cm³/mol. The van der Waals surface area contributed by atoms with Crippen LogP contribution in [0, 0.1) is 0 Å². The topological polar surface area (TPSA) is 46.3 Å². The summed E-state index contributed by atoms with van der Waals surface area (Å²) in [6.45, 7) is 1.51. The van der Waals surface area contributed by atoms with E-state index in [1.165, 1.54) is 17.2 Å². The van der Waals surface area contributed by atoms with Crippen molar-refractivity contribution in [1.29, 1.82) is 0 Å². The minimum absolute atomic E-state index is 0.0493. The number of thiazole rings is 1. The quantitative estimate of drug-likeness (QED) is 0.683. The van der Waals surface area contributed by atoms with Gasteiger partial charge in [-0.3, -0.25) is 4.79 Å². The zero-order valence-corrected chi connectivity index (χ0v) is 13.9. The fourth-order valence-corrected chi connectivity index (χ4v) is 4.27. The van der Waals surface area contributed by atoms with Crippen molar-refractivity contribution < 1.29 is 9.21 Å². The van der Waals surface area contributed by atoms with Gasteiger partial charge in [0.2, 0.25) is 0 Å². The van der Waals surface area contributed by atoms with Crippen LogP contribution in [0.2, 0.25) is 5.02 Å². The average molecular weight is 347 g/mol. The zero-order valence-electron chi connectivity index (χ0n) is 12.4. The second-order valence-corrected chi connectivity index (χ2v) is 7.24. The minimum atomic E-state index is 0.0493. The molecule has 0 N–H and O–H groups in total. The molecule has 0 saturated carbocycles. The van der Waals surface area contributed by atoms with Gasteiger partial charge in [-0.1, -0.05) is 11.6 Å². The number of benzene rings is 1. The second kappa shape index (κ2) is 5.98. The normalized spacial score (nSPS) is 16.1. The number of halogens is 1. The summed E-state index contributed by atoms with van der Waals surface area (Å²) in [5.41, 5.74) is 1.59. The molecule has 0 bridgehead atoms. The molecular formula is C17H15ClN2O2S. The van der Waals surface area contributed by atoms with Crippen LogP contribution in [-0.4, -0.2) is 28.9 Å². The minimum Gasteiger partial charge on any atom is -0.472 e. The molecule has 0 aliphatic carbocycles. The first kappa shape index (κ1) is 14.7. The smallest absolute Gasteiger partial charge is 0.257 e. The van der Waals surface area contributed by atoms with Crippen LogP contribution in [-0.2, 0) is 0 Å². The van der Waals surface area contributed by atoms with E-state index in [9.17, 15) is 4.79 Å². The highest BCUT2D eigenvalue weighted by Crippen LogP contribution is 2.34. The maximum Gasteiger partial charge on any atom is 0.257 e. The van der Waals surface area contributed by atoms with Crippen LogP contribution in [0.1, 0.15) is 34.1 Å². The van der Waals surface area contributed by atoms with Crippen LogP contribution >= 0.6 is 22.9 Å². The molecule has 3 aromatic rings. The Balaban J connectivity index is 1.47. The number of nitrogens with zero attached hydrogens (tertiary/aromatic N) is 2. The second-order valence-electron chi connectivity index (χ2n) is 5.74. The fraction of sp³-hybridized carbons (Fsp3) is 0.294. The Morgan fingerprint density at radius 2 is 2.13 bits per heavy atom. The third kappa shape index (κ3) is 2.86. The largest absolute Gasteiger partial charge is 0.472 e. The van der Waals surface area contributed by atoms with Crippen LogP contribution in [0.3, 0.4) is 0 Å². The molecule has 1 fully saturated rings.